The number of ketones is 1. The standard InChI is InChI=1S/C18H22N4O/c1-3-16-20-13(2)10-17(21-16)22-9-5-7-15(12-22)18(23)14-6-4-8-19-11-14/h4,6,8,10-11,15H,3,5,7,9,12H2,1-2H3/t15-/m0/s1. The Morgan fingerprint density at radius 2 is 2.26 bits per heavy atom. The lowest BCUT2D eigenvalue weighted by molar-refractivity contribution is 0.0906. The van der Waals surface area contributed by atoms with Gasteiger partial charge in [0.2, 0.25) is 0 Å². The van der Waals surface area contributed by atoms with E-state index in [9.17, 15) is 4.79 Å². The number of aryl methyl sites for hydroxylation is 2. The number of anilines is 1. The van der Waals surface area contributed by atoms with Crippen molar-refractivity contribution >= 4 is 11.6 Å². The number of pyridine rings is 1. The summed E-state index contributed by atoms with van der Waals surface area (Å²) in [5, 5.41) is 0. The van der Waals surface area contributed by atoms with Gasteiger partial charge >= 0.3 is 0 Å². The molecule has 2 aromatic rings. The third-order valence-electron chi connectivity index (χ3n) is 4.27. The summed E-state index contributed by atoms with van der Waals surface area (Å²) in [7, 11) is 0. The van der Waals surface area contributed by atoms with E-state index < -0.39 is 0 Å². The van der Waals surface area contributed by atoms with Gasteiger partial charge in [0, 0.05) is 55.1 Å². The Labute approximate surface area is 136 Å². The highest BCUT2D eigenvalue weighted by Gasteiger charge is 2.27. The summed E-state index contributed by atoms with van der Waals surface area (Å²) < 4.78 is 0. The van der Waals surface area contributed by atoms with Crippen LogP contribution in [0.2, 0.25) is 0 Å². The van der Waals surface area contributed by atoms with Gasteiger partial charge in [-0.2, -0.15) is 0 Å². The second-order valence-electron chi connectivity index (χ2n) is 6.03. The molecule has 5 nitrogen and oxygen atoms in total. The molecule has 1 aliphatic heterocycles. The van der Waals surface area contributed by atoms with Crippen LogP contribution in [0.1, 0.15) is 41.6 Å². The van der Waals surface area contributed by atoms with Crippen LogP contribution in [0.15, 0.2) is 30.6 Å². The number of nitrogens with zero attached hydrogens (tertiary/aromatic N) is 4. The van der Waals surface area contributed by atoms with E-state index in [2.05, 4.69) is 26.8 Å². The van der Waals surface area contributed by atoms with Gasteiger partial charge in [0.1, 0.15) is 11.6 Å². The minimum absolute atomic E-state index is 0.00768. The van der Waals surface area contributed by atoms with Crippen LogP contribution in [0.5, 0.6) is 0 Å². The molecule has 1 fully saturated rings. The summed E-state index contributed by atoms with van der Waals surface area (Å²) in [4.78, 5) is 28.0. The number of aromatic nitrogens is 3. The molecule has 0 bridgehead atoms. The molecule has 0 radical (unpaired) electrons. The molecule has 0 saturated carbocycles. The van der Waals surface area contributed by atoms with Gasteiger partial charge in [0.15, 0.2) is 5.78 Å². The van der Waals surface area contributed by atoms with Gasteiger partial charge in [0.05, 0.1) is 0 Å². The van der Waals surface area contributed by atoms with Gasteiger partial charge in [-0.15, -0.1) is 0 Å². The van der Waals surface area contributed by atoms with Crippen LogP contribution in [0.3, 0.4) is 0 Å². The van der Waals surface area contributed by atoms with Crippen LogP contribution < -0.4 is 4.90 Å². The van der Waals surface area contributed by atoms with Crippen LogP contribution in [0, 0.1) is 12.8 Å². The molecule has 0 amide bonds. The van der Waals surface area contributed by atoms with E-state index in [4.69, 9.17) is 0 Å². The first kappa shape index (κ1) is 15.6. The number of rotatable bonds is 4. The zero-order valence-electron chi connectivity index (χ0n) is 13.7. The number of carbonyl (C=O) groups excluding carboxylic acids is 1. The molecule has 0 unspecified atom stereocenters. The van der Waals surface area contributed by atoms with Crippen molar-refractivity contribution in [3.8, 4) is 0 Å². The van der Waals surface area contributed by atoms with Crippen molar-refractivity contribution in [2.45, 2.75) is 33.1 Å². The molecular formula is C18H22N4O. The molecule has 23 heavy (non-hydrogen) atoms. The Morgan fingerprint density at radius 1 is 1.39 bits per heavy atom. The fourth-order valence-corrected chi connectivity index (χ4v) is 3.08. The fraction of sp³-hybridized carbons (Fsp3) is 0.444. The van der Waals surface area contributed by atoms with Crippen molar-refractivity contribution < 1.29 is 4.79 Å². The summed E-state index contributed by atoms with van der Waals surface area (Å²) in [5.41, 5.74) is 1.68. The maximum Gasteiger partial charge on any atom is 0.169 e. The van der Waals surface area contributed by atoms with Crippen LogP contribution >= 0.6 is 0 Å². The van der Waals surface area contributed by atoms with Gasteiger partial charge in [-0.25, -0.2) is 9.97 Å². The van der Waals surface area contributed by atoms with Crippen molar-refractivity contribution in [2.24, 2.45) is 5.92 Å². The molecule has 0 aliphatic carbocycles. The Hall–Kier alpha value is -2.30. The molecule has 2 aromatic heterocycles. The van der Waals surface area contributed by atoms with Crippen molar-refractivity contribution in [2.75, 3.05) is 18.0 Å². The highest BCUT2D eigenvalue weighted by Crippen LogP contribution is 2.24. The molecule has 0 aromatic carbocycles. The molecule has 0 N–H and O–H groups in total. The van der Waals surface area contributed by atoms with Gasteiger partial charge in [-0.3, -0.25) is 9.78 Å². The number of piperidine rings is 1. The van der Waals surface area contributed by atoms with Crippen molar-refractivity contribution in [1.82, 2.24) is 15.0 Å². The smallest absolute Gasteiger partial charge is 0.169 e. The van der Waals surface area contributed by atoms with E-state index in [-0.39, 0.29) is 11.7 Å². The van der Waals surface area contributed by atoms with E-state index in [1.807, 2.05) is 25.1 Å². The second-order valence-corrected chi connectivity index (χ2v) is 6.03. The number of hydrogen-bond acceptors (Lipinski definition) is 5. The molecule has 3 rings (SSSR count). The predicted octanol–water partition coefficient (Wildman–Crippen LogP) is 2.84. The summed E-state index contributed by atoms with van der Waals surface area (Å²) in [6.45, 7) is 5.71. The largest absolute Gasteiger partial charge is 0.356 e. The van der Waals surface area contributed by atoms with Crippen molar-refractivity contribution in [3.63, 3.8) is 0 Å². The average Bonchev–Trinajstić information content (AvgIpc) is 2.61. The Kier molecular flexibility index (Phi) is 4.65. The van der Waals surface area contributed by atoms with Crippen molar-refractivity contribution in [3.05, 3.63) is 47.7 Å². The Bertz CT molecular complexity index is 687. The van der Waals surface area contributed by atoms with Crippen LogP contribution in [0.4, 0.5) is 5.82 Å². The number of Topliss-reactive ketones (excluding diaryl/α,β-unsaturated/α-hetero) is 1. The minimum atomic E-state index is 0.00768. The van der Waals surface area contributed by atoms with Crippen LogP contribution in [-0.4, -0.2) is 33.8 Å². The maximum atomic E-state index is 12.7. The zero-order valence-corrected chi connectivity index (χ0v) is 13.7. The highest BCUT2D eigenvalue weighted by molar-refractivity contribution is 5.98. The highest BCUT2D eigenvalue weighted by atomic mass is 16.1. The monoisotopic (exact) mass is 310 g/mol. The van der Waals surface area contributed by atoms with E-state index in [0.717, 1.165) is 43.1 Å². The topological polar surface area (TPSA) is 59.0 Å². The van der Waals surface area contributed by atoms with Gasteiger partial charge in [-0.1, -0.05) is 6.92 Å². The molecule has 0 spiro atoms. The molecule has 5 heteroatoms. The summed E-state index contributed by atoms with van der Waals surface area (Å²) in [6.07, 6.45) is 6.10. The summed E-state index contributed by atoms with van der Waals surface area (Å²) >= 11 is 0. The van der Waals surface area contributed by atoms with Crippen LogP contribution in [-0.2, 0) is 6.42 Å². The molecular weight excluding hydrogens is 288 g/mol. The van der Waals surface area contributed by atoms with Crippen LogP contribution in [0.25, 0.3) is 0 Å². The number of carbonyl (C=O) groups is 1. The Morgan fingerprint density at radius 3 is 3.00 bits per heavy atom. The predicted molar refractivity (Wildman–Crippen MR) is 89.7 cm³/mol. The van der Waals surface area contributed by atoms with E-state index >= 15 is 0 Å². The Balaban J connectivity index is 1.78. The summed E-state index contributed by atoms with van der Waals surface area (Å²) in [5.74, 6) is 2.00. The quantitative estimate of drug-likeness (QED) is 0.813. The summed E-state index contributed by atoms with van der Waals surface area (Å²) in [6, 6.07) is 5.67. The first-order valence-electron chi connectivity index (χ1n) is 8.21. The second kappa shape index (κ2) is 6.86. The normalized spacial score (nSPS) is 18.0. The van der Waals surface area contributed by atoms with E-state index in [1.54, 1.807) is 12.4 Å². The van der Waals surface area contributed by atoms with E-state index in [0.29, 0.717) is 12.1 Å². The van der Waals surface area contributed by atoms with Gasteiger partial charge in [0.25, 0.3) is 0 Å². The van der Waals surface area contributed by atoms with Crippen molar-refractivity contribution in [1.29, 1.82) is 0 Å². The fourth-order valence-electron chi connectivity index (χ4n) is 3.08. The number of hydrogen-bond donors (Lipinski definition) is 0. The SMILES string of the molecule is CCc1nc(C)cc(N2CCC[C@H](C(=O)c3cccnc3)C2)n1. The molecule has 1 aliphatic rings. The minimum Gasteiger partial charge on any atom is -0.356 e. The lowest BCUT2D eigenvalue weighted by Gasteiger charge is -2.33. The maximum absolute atomic E-state index is 12.7. The lowest BCUT2D eigenvalue weighted by Crippen LogP contribution is -2.39. The molecule has 3 heterocycles. The third-order valence-corrected chi connectivity index (χ3v) is 4.27. The first-order chi connectivity index (χ1) is 11.2. The molecule has 1 atom stereocenters. The zero-order chi connectivity index (χ0) is 16.2. The molecule has 120 valence electrons. The molecule has 1 saturated heterocycles. The van der Waals surface area contributed by atoms with Gasteiger partial charge < -0.3 is 4.90 Å². The van der Waals surface area contributed by atoms with Gasteiger partial charge in [-0.05, 0) is 31.9 Å². The van der Waals surface area contributed by atoms with E-state index in [1.165, 1.54) is 0 Å². The third kappa shape index (κ3) is 3.55. The average molecular weight is 310 g/mol. The lowest BCUT2D eigenvalue weighted by atomic mass is 9.90. The first-order valence-corrected chi connectivity index (χ1v) is 8.21.